The molecule has 4 aromatic heterocycles. The molecule has 0 aliphatic heterocycles. The quantitative estimate of drug-likeness (QED) is 0.372. The lowest BCUT2D eigenvalue weighted by atomic mass is 9.89. The number of hydrogen-bond acceptors (Lipinski definition) is 8. The number of carbonyl (C=O) groups excluding carboxylic acids is 1. The third-order valence-corrected chi connectivity index (χ3v) is 6.19. The second-order valence-corrected chi connectivity index (χ2v) is 8.38. The van der Waals surface area contributed by atoms with Gasteiger partial charge in [0.15, 0.2) is 5.65 Å². The molecule has 35 heavy (non-hydrogen) atoms. The van der Waals surface area contributed by atoms with Gasteiger partial charge in [-0.25, -0.2) is 4.98 Å². The van der Waals surface area contributed by atoms with Gasteiger partial charge in [-0.15, -0.1) is 0 Å². The molecule has 5 rings (SSSR count). The van der Waals surface area contributed by atoms with Gasteiger partial charge in [0.2, 0.25) is 0 Å². The third-order valence-electron chi connectivity index (χ3n) is 6.19. The lowest BCUT2D eigenvalue weighted by Crippen LogP contribution is -2.51. The zero-order chi connectivity index (χ0) is 24.5. The van der Waals surface area contributed by atoms with Crippen molar-refractivity contribution in [2.24, 2.45) is 0 Å². The van der Waals surface area contributed by atoms with Crippen LogP contribution < -0.4 is 21.5 Å². The summed E-state index contributed by atoms with van der Waals surface area (Å²) in [5.74, 6) is 0.730. The monoisotopic (exact) mass is 474 g/mol. The van der Waals surface area contributed by atoms with E-state index in [0.29, 0.717) is 34.2 Å². The molecule has 0 unspecified atom stereocenters. The molecular weight excluding hydrogens is 448 g/mol. The van der Waals surface area contributed by atoms with Crippen LogP contribution in [0.5, 0.6) is 0 Å². The van der Waals surface area contributed by atoms with Crippen molar-refractivity contribution in [3.8, 4) is 5.69 Å². The van der Waals surface area contributed by atoms with Gasteiger partial charge < -0.3 is 20.7 Å². The molecule has 1 aliphatic rings. The molecule has 1 fully saturated rings. The molecule has 11 nitrogen and oxygen atoms in total. The molecule has 1 saturated carbocycles. The molecule has 1 amide bonds. The van der Waals surface area contributed by atoms with Crippen molar-refractivity contribution in [2.75, 3.05) is 24.8 Å². The Balaban J connectivity index is 1.48. The predicted octanol–water partition coefficient (Wildman–Crippen LogP) is 2.28. The van der Waals surface area contributed by atoms with Crippen LogP contribution in [0.15, 0.2) is 53.7 Å². The number of ether oxygens (including phenoxy) is 1. The van der Waals surface area contributed by atoms with Crippen LogP contribution in [-0.2, 0) is 4.74 Å². The first kappa shape index (κ1) is 22.5. The minimum atomic E-state index is -0.271. The Bertz CT molecular complexity index is 1440. The molecular formula is C24H26N8O3. The molecule has 1 aliphatic carbocycles. The first-order valence-corrected chi connectivity index (χ1v) is 11.3. The number of aryl methyl sites for hydroxylation is 1. The van der Waals surface area contributed by atoms with Crippen LogP contribution in [0.4, 0.5) is 17.3 Å². The van der Waals surface area contributed by atoms with Crippen LogP contribution in [0.25, 0.3) is 11.3 Å². The van der Waals surface area contributed by atoms with E-state index in [1.165, 1.54) is 10.8 Å². The number of anilines is 3. The summed E-state index contributed by atoms with van der Waals surface area (Å²) < 4.78 is 8.44. The molecule has 0 saturated heterocycles. The predicted molar refractivity (Wildman–Crippen MR) is 132 cm³/mol. The minimum absolute atomic E-state index is 0.0165. The second-order valence-electron chi connectivity index (χ2n) is 8.38. The maximum atomic E-state index is 13.2. The average Bonchev–Trinajstić information content (AvgIpc) is 3.27. The summed E-state index contributed by atoms with van der Waals surface area (Å²) in [5.41, 5.74) is 2.29. The molecule has 180 valence electrons. The van der Waals surface area contributed by atoms with Gasteiger partial charge >= 0.3 is 0 Å². The third kappa shape index (κ3) is 4.21. The molecule has 0 spiro atoms. The number of nitrogens with zero attached hydrogens (tertiary/aromatic N) is 5. The molecule has 4 heterocycles. The normalized spacial score (nSPS) is 17.1. The van der Waals surface area contributed by atoms with Gasteiger partial charge in [-0.2, -0.15) is 9.61 Å². The van der Waals surface area contributed by atoms with Crippen LogP contribution in [0.3, 0.4) is 0 Å². The molecule has 3 N–H and O–H groups in total. The molecule has 0 bridgehead atoms. The summed E-state index contributed by atoms with van der Waals surface area (Å²) in [4.78, 5) is 35.0. The summed E-state index contributed by atoms with van der Waals surface area (Å²) in [6.45, 7) is 1.89. The molecule has 11 heteroatoms. The van der Waals surface area contributed by atoms with E-state index in [9.17, 15) is 9.59 Å². The van der Waals surface area contributed by atoms with Gasteiger partial charge in [0.25, 0.3) is 11.5 Å². The largest absolute Gasteiger partial charge is 0.379 e. The standard InChI is InChI=1S/C24H26N8O3/c1-14-6-7-15(12-26-14)31-10-4-5-18(24(31)34)28-20-11-21(25-2)32-22(30-20)16(13-27-32)23(33)29-17-8-9-19(17)35-3/h4-7,10-13,17,19,25H,8-9H2,1-3H3,(H,28,30)(H,29,33)/t17-,19-/m0/s1. The number of fused-ring (bicyclic) bond motifs is 1. The van der Waals surface area contributed by atoms with Gasteiger partial charge in [0.1, 0.15) is 22.9 Å². The Kier molecular flexibility index (Phi) is 5.91. The second kappa shape index (κ2) is 9.18. The minimum Gasteiger partial charge on any atom is -0.379 e. The lowest BCUT2D eigenvalue weighted by Gasteiger charge is -2.35. The van der Waals surface area contributed by atoms with Gasteiger partial charge in [0, 0.05) is 32.1 Å². The van der Waals surface area contributed by atoms with Crippen molar-refractivity contribution in [3.05, 3.63) is 70.5 Å². The fourth-order valence-electron chi connectivity index (χ4n) is 4.06. The fraction of sp³-hybridized carbons (Fsp3) is 0.292. The summed E-state index contributed by atoms with van der Waals surface area (Å²) in [6, 6.07) is 8.82. The Morgan fingerprint density at radius 3 is 2.74 bits per heavy atom. The smallest absolute Gasteiger partial charge is 0.278 e. The maximum absolute atomic E-state index is 13.2. The van der Waals surface area contributed by atoms with Crippen molar-refractivity contribution < 1.29 is 9.53 Å². The Morgan fingerprint density at radius 1 is 1.20 bits per heavy atom. The molecule has 2 atom stereocenters. The summed E-state index contributed by atoms with van der Waals surface area (Å²) in [7, 11) is 3.39. The number of nitrogens with one attached hydrogen (secondary N) is 3. The topological polar surface area (TPSA) is 127 Å². The van der Waals surface area contributed by atoms with Gasteiger partial charge in [0.05, 0.1) is 30.2 Å². The molecule has 0 aromatic carbocycles. The van der Waals surface area contributed by atoms with Crippen LogP contribution in [0, 0.1) is 6.92 Å². The number of rotatable bonds is 7. The van der Waals surface area contributed by atoms with E-state index in [2.05, 4.69) is 31.0 Å². The van der Waals surface area contributed by atoms with Crippen molar-refractivity contribution in [1.29, 1.82) is 0 Å². The highest BCUT2D eigenvalue weighted by Crippen LogP contribution is 2.25. The first-order valence-electron chi connectivity index (χ1n) is 11.3. The highest BCUT2D eigenvalue weighted by Gasteiger charge is 2.33. The van der Waals surface area contributed by atoms with E-state index < -0.39 is 0 Å². The Hall–Kier alpha value is -4.25. The van der Waals surface area contributed by atoms with E-state index in [-0.39, 0.29) is 23.6 Å². The Morgan fingerprint density at radius 2 is 2.06 bits per heavy atom. The zero-order valence-electron chi connectivity index (χ0n) is 19.6. The van der Waals surface area contributed by atoms with Crippen molar-refractivity contribution in [1.82, 2.24) is 29.5 Å². The lowest BCUT2D eigenvalue weighted by molar-refractivity contribution is 0.00732. The van der Waals surface area contributed by atoms with Crippen LogP contribution in [-0.4, -0.2) is 56.4 Å². The zero-order valence-corrected chi connectivity index (χ0v) is 19.6. The average molecular weight is 475 g/mol. The van der Waals surface area contributed by atoms with Crippen molar-refractivity contribution >= 4 is 28.9 Å². The van der Waals surface area contributed by atoms with E-state index in [1.54, 1.807) is 49.3 Å². The number of carbonyl (C=O) groups is 1. The van der Waals surface area contributed by atoms with E-state index in [0.717, 1.165) is 18.5 Å². The number of methoxy groups -OCH3 is 1. The van der Waals surface area contributed by atoms with Crippen LogP contribution in [0.1, 0.15) is 28.9 Å². The van der Waals surface area contributed by atoms with Crippen molar-refractivity contribution in [2.45, 2.75) is 31.9 Å². The number of amides is 1. The number of pyridine rings is 2. The van der Waals surface area contributed by atoms with Gasteiger partial charge in [-0.3, -0.25) is 19.1 Å². The van der Waals surface area contributed by atoms with Crippen LogP contribution >= 0.6 is 0 Å². The fourth-order valence-corrected chi connectivity index (χ4v) is 4.06. The first-order chi connectivity index (χ1) is 17.0. The summed E-state index contributed by atoms with van der Waals surface area (Å²) >= 11 is 0. The number of hydrogen-bond donors (Lipinski definition) is 3. The van der Waals surface area contributed by atoms with E-state index in [1.807, 2.05) is 19.1 Å². The maximum Gasteiger partial charge on any atom is 0.278 e. The van der Waals surface area contributed by atoms with Gasteiger partial charge in [-0.1, -0.05) is 0 Å². The Labute approximate surface area is 201 Å². The molecule has 4 aromatic rings. The highest BCUT2D eigenvalue weighted by molar-refractivity contribution is 6.00. The number of aromatic nitrogens is 5. The molecule has 0 radical (unpaired) electrons. The van der Waals surface area contributed by atoms with E-state index >= 15 is 0 Å². The highest BCUT2D eigenvalue weighted by atomic mass is 16.5. The summed E-state index contributed by atoms with van der Waals surface area (Å²) in [6.07, 6.45) is 6.62. The summed E-state index contributed by atoms with van der Waals surface area (Å²) in [5, 5.41) is 13.5. The van der Waals surface area contributed by atoms with Crippen LogP contribution in [0.2, 0.25) is 0 Å². The SMILES string of the molecule is CNc1cc(Nc2cccn(-c3ccc(C)nc3)c2=O)nc2c(C(=O)N[C@H]3CC[C@@H]3OC)cnn12. The van der Waals surface area contributed by atoms with E-state index in [4.69, 9.17) is 4.74 Å². The van der Waals surface area contributed by atoms with Crippen molar-refractivity contribution in [3.63, 3.8) is 0 Å². The van der Waals surface area contributed by atoms with Gasteiger partial charge in [-0.05, 0) is 44.0 Å².